The van der Waals surface area contributed by atoms with Crippen molar-refractivity contribution < 1.29 is 25.8 Å². The Labute approximate surface area is 244 Å². The van der Waals surface area contributed by atoms with E-state index in [4.69, 9.17) is 8.92 Å². The molecule has 0 atom stereocenters. The molecule has 0 unspecified atom stereocenters. The molecule has 0 aliphatic rings. The molecule has 4 aromatic rings. The van der Waals surface area contributed by atoms with E-state index in [1.54, 1.807) is 18.2 Å². The highest BCUT2D eigenvalue weighted by atomic mass is 32.2. The smallest absolute Gasteiger partial charge is 0.306 e. The number of benzene rings is 3. The van der Waals surface area contributed by atoms with E-state index in [1.807, 2.05) is 18.2 Å². The van der Waals surface area contributed by atoms with E-state index in [9.17, 15) is 21.6 Å². The molecule has 0 saturated carbocycles. The van der Waals surface area contributed by atoms with Crippen molar-refractivity contribution in [1.29, 1.82) is 0 Å². The molecule has 0 aliphatic heterocycles. The minimum atomic E-state index is -4.27. The van der Waals surface area contributed by atoms with Crippen LogP contribution in [-0.4, -0.2) is 61.3 Å². The summed E-state index contributed by atoms with van der Waals surface area (Å²) in [5, 5.41) is 4.48. The molecule has 4 rings (SSSR count). The van der Waals surface area contributed by atoms with Crippen molar-refractivity contribution in [1.82, 2.24) is 9.62 Å². The predicted molar refractivity (Wildman–Crippen MR) is 164 cm³/mol. The van der Waals surface area contributed by atoms with Crippen molar-refractivity contribution in [2.24, 2.45) is 0 Å². The summed E-state index contributed by atoms with van der Waals surface area (Å²) in [7, 11) is -6.90. The minimum Gasteiger partial charge on any atom is -0.497 e. The number of sulfonamides is 1. The van der Waals surface area contributed by atoms with Crippen molar-refractivity contribution in [2.45, 2.75) is 25.3 Å². The average Bonchev–Trinajstić information content (AvgIpc) is 2.94. The Balaban J connectivity index is 1.74. The normalized spacial score (nSPS) is 12.2. The van der Waals surface area contributed by atoms with Crippen molar-refractivity contribution in [3.8, 4) is 11.5 Å². The molecule has 3 aromatic carbocycles. The highest BCUT2D eigenvalue weighted by Crippen LogP contribution is 2.33. The fourth-order valence-corrected chi connectivity index (χ4v) is 7.32. The zero-order valence-electron chi connectivity index (χ0n) is 23.3. The van der Waals surface area contributed by atoms with Gasteiger partial charge >= 0.3 is 10.1 Å². The molecule has 0 amide bonds. The molecule has 2 N–H and O–H groups in total. The van der Waals surface area contributed by atoms with Crippen LogP contribution in [0, 0.1) is 0 Å². The first-order chi connectivity index (χ1) is 19.5. The van der Waals surface area contributed by atoms with Gasteiger partial charge in [0.15, 0.2) is 11.2 Å². The molecular weight excluding hydrogens is 587 g/mol. The third-order valence-electron chi connectivity index (χ3n) is 6.58. The Kier molecular flexibility index (Phi) is 9.55. The second-order valence-electron chi connectivity index (χ2n) is 9.28. The number of ether oxygens (including phenoxy) is 1. The fourth-order valence-electron chi connectivity index (χ4n) is 4.44. The topological polar surface area (TPSA) is 131 Å². The summed E-state index contributed by atoms with van der Waals surface area (Å²) >= 11 is 1.41. The Morgan fingerprint density at radius 2 is 1.71 bits per heavy atom. The monoisotopic (exact) mass is 619 g/mol. The lowest BCUT2D eigenvalue weighted by molar-refractivity contribution is 0.316. The fraction of sp³-hybridized carbons (Fsp3) is 0.321. The number of nitrogens with zero attached hydrogens (tertiary/aromatic N) is 1. The largest absolute Gasteiger partial charge is 0.497 e. The van der Waals surface area contributed by atoms with Crippen molar-refractivity contribution in [2.75, 3.05) is 44.9 Å². The molecule has 0 saturated heterocycles. The molecule has 13 heteroatoms. The zero-order chi connectivity index (χ0) is 29.8. The van der Waals surface area contributed by atoms with Gasteiger partial charge in [-0.3, -0.25) is 4.79 Å². The Hall–Kier alpha value is -3.23. The number of methoxy groups -OCH3 is 1. The summed E-state index contributed by atoms with van der Waals surface area (Å²) in [5.74, 6) is -0.143. The van der Waals surface area contributed by atoms with Gasteiger partial charge in [-0.05, 0) is 49.0 Å². The zero-order valence-corrected chi connectivity index (χ0v) is 25.7. The van der Waals surface area contributed by atoms with Crippen molar-refractivity contribution in [3.63, 3.8) is 0 Å². The van der Waals surface area contributed by atoms with Gasteiger partial charge in [-0.15, -0.1) is 11.3 Å². The van der Waals surface area contributed by atoms with Crippen LogP contribution in [0.5, 0.6) is 11.5 Å². The lowest BCUT2D eigenvalue weighted by atomic mass is 10.1. The van der Waals surface area contributed by atoms with Crippen molar-refractivity contribution in [3.05, 3.63) is 70.4 Å². The maximum atomic E-state index is 13.7. The summed E-state index contributed by atoms with van der Waals surface area (Å²) < 4.78 is 64.4. The van der Waals surface area contributed by atoms with E-state index in [1.165, 1.54) is 36.6 Å². The van der Waals surface area contributed by atoms with Gasteiger partial charge in [-0.1, -0.05) is 32.0 Å². The molecule has 41 heavy (non-hydrogen) atoms. The van der Waals surface area contributed by atoms with Crippen LogP contribution in [0.15, 0.2) is 64.3 Å². The van der Waals surface area contributed by atoms with Crippen LogP contribution < -0.4 is 24.4 Å². The number of likely N-dealkylation sites (N-methyl/N-ethyl adjacent to an activating group) is 1. The van der Waals surface area contributed by atoms with Gasteiger partial charge < -0.3 is 19.1 Å². The Bertz CT molecular complexity index is 1830. The summed E-state index contributed by atoms with van der Waals surface area (Å²) in [6.07, 6.45) is 0.830. The lowest BCUT2D eigenvalue weighted by Crippen LogP contribution is -2.28. The van der Waals surface area contributed by atoms with Crippen LogP contribution in [-0.2, 0) is 26.7 Å². The van der Waals surface area contributed by atoms with Gasteiger partial charge in [0.2, 0.25) is 10.0 Å². The van der Waals surface area contributed by atoms with Crippen LogP contribution >= 0.6 is 11.3 Å². The number of nitrogens with one attached hydrogen (secondary N) is 2. The molecule has 220 valence electrons. The van der Waals surface area contributed by atoms with E-state index >= 15 is 0 Å². The average molecular weight is 620 g/mol. The summed E-state index contributed by atoms with van der Waals surface area (Å²) in [6.45, 7) is 7.32. The van der Waals surface area contributed by atoms with E-state index in [0.717, 1.165) is 30.6 Å². The highest BCUT2D eigenvalue weighted by Gasteiger charge is 2.24. The number of rotatable bonds is 13. The summed E-state index contributed by atoms with van der Waals surface area (Å²) in [6, 6.07) is 14.7. The lowest BCUT2D eigenvalue weighted by Gasteiger charge is -2.19. The minimum absolute atomic E-state index is 0.138. The van der Waals surface area contributed by atoms with E-state index in [-0.39, 0.29) is 28.4 Å². The summed E-state index contributed by atoms with van der Waals surface area (Å²) in [4.78, 5) is 15.6. The van der Waals surface area contributed by atoms with Crippen molar-refractivity contribution >= 4 is 57.3 Å². The standard InChI is InChI=1S/C28H33N3O7S3/c1-5-31(6-2)16-15-29-22-13-11-19(28-26(22)27(32)21-9-7-8-10-24(21)39-28)18-30-41(35,36)25-17-20(37-3)12-14-23(25)38-40(4,33)34/h7-14,17,29-30H,5-6,15-16,18H2,1-4H3. The quantitative estimate of drug-likeness (QED) is 0.168. The first kappa shape index (κ1) is 30.7. The van der Waals surface area contributed by atoms with Crippen LogP contribution in [0.4, 0.5) is 5.69 Å². The van der Waals surface area contributed by atoms with Crippen LogP contribution in [0.3, 0.4) is 0 Å². The van der Waals surface area contributed by atoms with Crippen LogP contribution in [0.2, 0.25) is 0 Å². The number of hydrogen-bond acceptors (Lipinski definition) is 10. The third-order valence-corrected chi connectivity index (χ3v) is 9.73. The van der Waals surface area contributed by atoms with Gasteiger partial charge in [0.25, 0.3) is 0 Å². The first-order valence-corrected chi connectivity index (χ1v) is 17.1. The number of fused-ring (bicyclic) bond motifs is 2. The molecule has 0 radical (unpaired) electrons. The maximum Gasteiger partial charge on any atom is 0.306 e. The van der Waals surface area contributed by atoms with Gasteiger partial charge in [0, 0.05) is 46.2 Å². The van der Waals surface area contributed by atoms with Gasteiger partial charge in [-0.25, -0.2) is 13.1 Å². The number of hydrogen-bond donors (Lipinski definition) is 2. The van der Waals surface area contributed by atoms with Crippen LogP contribution in [0.1, 0.15) is 19.4 Å². The Morgan fingerprint density at radius 3 is 2.39 bits per heavy atom. The second-order valence-corrected chi connectivity index (χ2v) is 13.6. The van der Waals surface area contributed by atoms with Crippen LogP contribution in [0.25, 0.3) is 20.2 Å². The third kappa shape index (κ3) is 7.16. The summed E-state index contributed by atoms with van der Waals surface area (Å²) in [5.41, 5.74) is 1.14. The predicted octanol–water partition coefficient (Wildman–Crippen LogP) is 3.99. The first-order valence-electron chi connectivity index (χ1n) is 13.0. The molecule has 0 bridgehead atoms. The maximum absolute atomic E-state index is 13.7. The molecule has 0 spiro atoms. The molecular formula is C28H33N3O7S3. The van der Waals surface area contributed by atoms with E-state index in [2.05, 4.69) is 28.8 Å². The molecule has 1 aromatic heterocycles. The molecule has 0 fully saturated rings. The van der Waals surface area contributed by atoms with Gasteiger partial charge in [-0.2, -0.15) is 8.42 Å². The number of anilines is 1. The molecule has 10 nitrogen and oxygen atoms in total. The highest BCUT2D eigenvalue weighted by molar-refractivity contribution is 7.89. The molecule has 0 aliphatic carbocycles. The Morgan fingerprint density at radius 1 is 0.976 bits per heavy atom. The van der Waals surface area contributed by atoms with Gasteiger partial charge in [0.1, 0.15) is 10.6 Å². The second kappa shape index (κ2) is 12.7. The molecule has 1 heterocycles. The van der Waals surface area contributed by atoms with Gasteiger partial charge in [0.05, 0.1) is 18.8 Å². The SMILES string of the molecule is CCN(CC)CCNc1ccc(CNS(=O)(=O)c2cc(OC)ccc2OS(C)(=O)=O)c2sc3ccccc3c(=O)c12. The van der Waals surface area contributed by atoms with E-state index in [0.29, 0.717) is 33.3 Å². The van der Waals surface area contributed by atoms with E-state index < -0.39 is 20.1 Å².